The molecular weight excluding hydrogens is 755 g/mol. The number of hydrogen-bond donors (Lipinski definition) is 0. The molecule has 6 aromatic carbocycles. The summed E-state index contributed by atoms with van der Waals surface area (Å²) in [6, 6.07) is 47.1. The minimum atomic E-state index is -0.116. The van der Waals surface area contributed by atoms with Crippen LogP contribution in [0.5, 0.6) is 5.75 Å². The van der Waals surface area contributed by atoms with Crippen molar-refractivity contribution in [3.8, 4) is 67.5 Å². The van der Waals surface area contributed by atoms with Gasteiger partial charge in [-0.25, -0.2) is 4.98 Å². The summed E-state index contributed by atoms with van der Waals surface area (Å²) in [6.07, 6.45) is 1.93. The molecule has 0 aliphatic carbocycles. The standard InChI is InChI=1S/C58H61N3O/c1-36-17-19-39(20-18-36)41-27-28-59-50(34-41)43-31-42(32-46(33-43)58(10,11)12)48-15-14-16-51-53(48)60-55(49-30-37(2)29-38(3)54(49)62-13)61(51)52-35-45(57(7,8)9)25-26-47(52)40-21-23-44(24-22-40)56(4,5)6/h14-35H,1-13H3. The summed E-state index contributed by atoms with van der Waals surface area (Å²) >= 11 is 0. The van der Waals surface area contributed by atoms with Crippen LogP contribution in [0.15, 0.2) is 134 Å². The van der Waals surface area contributed by atoms with Crippen molar-refractivity contribution in [3.63, 3.8) is 0 Å². The number of rotatable bonds is 7. The third-order valence-electron chi connectivity index (χ3n) is 12.3. The highest BCUT2D eigenvalue weighted by Gasteiger charge is 2.26. The Hall–Kier alpha value is -6.26. The summed E-state index contributed by atoms with van der Waals surface area (Å²) in [5.41, 5.74) is 19.9. The smallest absolute Gasteiger partial charge is 0.149 e. The predicted molar refractivity (Wildman–Crippen MR) is 263 cm³/mol. The largest absolute Gasteiger partial charge is 0.496 e. The maximum absolute atomic E-state index is 6.23. The molecule has 8 rings (SSSR count). The van der Waals surface area contributed by atoms with Crippen LogP contribution < -0.4 is 4.74 Å². The molecule has 0 saturated carbocycles. The van der Waals surface area contributed by atoms with E-state index in [1.165, 1.54) is 27.8 Å². The Kier molecular flexibility index (Phi) is 10.9. The molecular formula is C58H61N3O. The first-order chi connectivity index (χ1) is 29.3. The molecule has 0 spiro atoms. The molecule has 2 aromatic heterocycles. The van der Waals surface area contributed by atoms with Crippen LogP contribution in [0.3, 0.4) is 0 Å². The van der Waals surface area contributed by atoms with Gasteiger partial charge < -0.3 is 4.74 Å². The molecule has 0 aliphatic heterocycles. The number of hydrogen-bond acceptors (Lipinski definition) is 3. The van der Waals surface area contributed by atoms with E-state index < -0.39 is 0 Å². The third kappa shape index (κ3) is 8.23. The lowest BCUT2D eigenvalue weighted by Gasteiger charge is -2.24. The molecule has 314 valence electrons. The highest BCUT2D eigenvalue weighted by Crippen LogP contribution is 2.44. The first-order valence-electron chi connectivity index (χ1n) is 21.9. The topological polar surface area (TPSA) is 39.9 Å². The second-order valence-electron chi connectivity index (χ2n) is 20.3. The number of benzene rings is 6. The summed E-state index contributed by atoms with van der Waals surface area (Å²) in [5.74, 6) is 1.67. The molecule has 62 heavy (non-hydrogen) atoms. The van der Waals surface area contributed by atoms with Crippen LogP contribution in [0.1, 0.15) is 95.7 Å². The second kappa shape index (κ2) is 15.9. The zero-order chi connectivity index (χ0) is 44.3. The summed E-state index contributed by atoms with van der Waals surface area (Å²) in [5, 5.41) is 0. The van der Waals surface area contributed by atoms with Crippen LogP contribution in [-0.2, 0) is 16.2 Å². The molecule has 0 saturated heterocycles. The average molecular weight is 816 g/mol. The highest BCUT2D eigenvalue weighted by molar-refractivity contribution is 5.98. The van der Waals surface area contributed by atoms with E-state index in [0.717, 1.165) is 84.1 Å². The molecule has 0 bridgehead atoms. The van der Waals surface area contributed by atoms with Crippen molar-refractivity contribution in [1.82, 2.24) is 14.5 Å². The van der Waals surface area contributed by atoms with Crippen LogP contribution in [0.25, 0.3) is 72.7 Å². The minimum absolute atomic E-state index is 0.0469. The van der Waals surface area contributed by atoms with Gasteiger partial charge in [-0.1, -0.05) is 153 Å². The molecule has 4 heteroatoms. The van der Waals surface area contributed by atoms with Gasteiger partial charge in [-0.2, -0.15) is 0 Å². The van der Waals surface area contributed by atoms with Gasteiger partial charge in [-0.05, 0) is 130 Å². The van der Waals surface area contributed by atoms with Crippen LogP contribution >= 0.6 is 0 Å². The van der Waals surface area contributed by atoms with Crippen molar-refractivity contribution in [3.05, 3.63) is 167 Å². The molecule has 2 heterocycles. The quantitative estimate of drug-likeness (QED) is 0.161. The molecule has 0 amide bonds. The number of aryl methyl sites for hydroxylation is 3. The van der Waals surface area contributed by atoms with E-state index in [0.29, 0.717) is 0 Å². The Labute approximate surface area is 369 Å². The Morgan fingerprint density at radius 1 is 0.484 bits per heavy atom. The van der Waals surface area contributed by atoms with Crippen molar-refractivity contribution < 1.29 is 4.74 Å². The van der Waals surface area contributed by atoms with Gasteiger partial charge in [0.05, 0.1) is 35.1 Å². The molecule has 4 nitrogen and oxygen atoms in total. The van der Waals surface area contributed by atoms with E-state index in [1.54, 1.807) is 7.11 Å². The van der Waals surface area contributed by atoms with Gasteiger partial charge in [-0.3, -0.25) is 9.55 Å². The molecule has 0 fully saturated rings. The number of pyridine rings is 1. The molecule has 8 aromatic rings. The zero-order valence-electron chi connectivity index (χ0n) is 39.0. The Bertz CT molecular complexity index is 2940. The maximum Gasteiger partial charge on any atom is 0.149 e. The molecule has 0 radical (unpaired) electrons. The Morgan fingerprint density at radius 3 is 1.79 bits per heavy atom. The third-order valence-corrected chi connectivity index (χ3v) is 12.3. The van der Waals surface area contributed by atoms with E-state index in [1.807, 2.05) is 6.20 Å². The lowest BCUT2D eigenvalue weighted by molar-refractivity contribution is 0.413. The Balaban J connectivity index is 1.43. The van der Waals surface area contributed by atoms with Gasteiger partial charge >= 0.3 is 0 Å². The SMILES string of the molecule is COc1c(C)cc(C)cc1-c1nc2c(-c3cc(-c4cc(-c5ccc(C)cc5)ccn4)cc(C(C)(C)C)c3)cccc2n1-c1cc(C(C)(C)C)ccc1-c1ccc(C(C)(C)C)cc1. The van der Waals surface area contributed by atoms with Gasteiger partial charge in [0.1, 0.15) is 11.6 Å². The number of para-hydroxylation sites is 1. The minimum Gasteiger partial charge on any atom is -0.496 e. The summed E-state index contributed by atoms with van der Waals surface area (Å²) < 4.78 is 8.62. The fourth-order valence-corrected chi connectivity index (χ4v) is 8.60. The fourth-order valence-electron chi connectivity index (χ4n) is 8.60. The number of aromatic nitrogens is 3. The van der Waals surface area contributed by atoms with Crippen molar-refractivity contribution >= 4 is 11.0 Å². The molecule has 0 atom stereocenters. The average Bonchev–Trinajstić information content (AvgIpc) is 3.62. The van der Waals surface area contributed by atoms with Gasteiger partial charge in [0, 0.05) is 22.9 Å². The first kappa shape index (κ1) is 42.4. The van der Waals surface area contributed by atoms with Crippen LogP contribution in [0, 0.1) is 20.8 Å². The molecule has 0 aliphatic rings. The lowest BCUT2D eigenvalue weighted by atomic mass is 9.83. The Morgan fingerprint density at radius 2 is 1.13 bits per heavy atom. The lowest BCUT2D eigenvalue weighted by Crippen LogP contribution is -2.13. The number of ether oxygens (including phenoxy) is 1. The normalized spacial score (nSPS) is 12.3. The highest BCUT2D eigenvalue weighted by atomic mass is 16.5. The monoisotopic (exact) mass is 815 g/mol. The van der Waals surface area contributed by atoms with Gasteiger partial charge in [0.25, 0.3) is 0 Å². The summed E-state index contributed by atoms with van der Waals surface area (Å²) in [7, 11) is 1.77. The predicted octanol–water partition coefficient (Wildman–Crippen LogP) is 15.6. The molecule has 0 unspecified atom stereocenters. The van der Waals surface area contributed by atoms with E-state index in [-0.39, 0.29) is 16.2 Å². The fraction of sp³-hybridized carbons (Fsp3) is 0.276. The van der Waals surface area contributed by atoms with Crippen molar-refractivity contribution in [2.75, 3.05) is 7.11 Å². The summed E-state index contributed by atoms with van der Waals surface area (Å²) in [4.78, 5) is 10.7. The maximum atomic E-state index is 6.23. The number of fused-ring (bicyclic) bond motifs is 1. The molecule has 0 N–H and O–H groups in total. The van der Waals surface area contributed by atoms with Crippen LogP contribution in [0.2, 0.25) is 0 Å². The van der Waals surface area contributed by atoms with Crippen molar-refractivity contribution in [1.29, 1.82) is 0 Å². The van der Waals surface area contributed by atoms with Crippen LogP contribution in [-0.4, -0.2) is 21.6 Å². The van der Waals surface area contributed by atoms with E-state index in [9.17, 15) is 0 Å². The number of nitrogens with zero attached hydrogens (tertiary/aromatic N) is 3. The second-order valence-corrected chi connectivity index (χ2v) is 20.3. The number of imidazole rings is 1. The van der Waals surface area contributed by atoms with Gasteiger partial charge in [-0.15, -0.1) is 0 Å². The van der Waals surface area contributed by atoms with E-state index >= 15 is 0 Å². The van der Waals surface area contributed by atoms with Crippen molar-refractivity contribution in [2.45, 2.75) is 99.3 Å². The van der Waals surface area contributed by atoms with E-state index in [4.69, 9.17) is 14.7 Å². The number of methoxy groups -OCH3 is 1. The zero-order valence-corrected chi connectivity index (χ0v) is 39.0. The van der Waals surface area contributed by atoms with Crippen molar-refractivity contribution in [2.24, 2.45) is 0 Å². The first-order valence-corrected chi connectivity index (χ1v) is 21.9. The van der Waals surface area contributed by atoms with Gasteiger partial charge in [0.2, 0.25) is 0 Å². The van der Waals surface area contributed by atoms with E-state index in [2.05, 4.69) is 215 Å². The summed E-state index contributed by atoms with van der Waals surface area (Å²) in [6.45, 7) is 26.9. The van der Waals surface area contributed by atoms with Gasteiger partial charge in [0.15, 0.2) is 0 Å². The van der Waals surface area contributed by atoms with Crippen LogP contribution in [0.4, 0.5) is 0 Å².